The van der Waals surface area contributed by atoms with Crippen LogP contribution in [0.25, 0.3) is 22.2 Å². The van der Waals surface area contributed by atoms with Crippen LogP contribution in [0.15, 0.2) is 94.5 Å². The molecule has 0 aliphatic rings. The highest BCUT2D eigenvalue weighted by Gasteiger charge is 2.23. The number of aromatic nitrogens is 2. The molecule has 8 nitrogen and oxygen atoms in total. The molecule has 2 heterocycles. The molecule has 0 aliphatic heterocycles. The van der Waals surface area contributed by atoms with E-state index in [0.717, 1.165) is 16.8 Å². The number of anilines is 1. The first kappa shape index (κ1) is 22.9. The smallest absolute Gasteiger partial charge is 0.349 e. The Morgan fingerprint density at radius 3 is 2.36 bits per heavy atom. The van der Waals surface area contributed by atoms with Gasteiger partial charge < -0.3 is 23.8 Å². The average Bonchev–Trinajstić information content (AvgIpc) is 3.46. The van der Waals surface area contributed by atoms with Crippen molar-refractivity contribution in [3.8, 4) is 22.8 Å². The molecule has 2 aromatic heterocycles. The Kier molecular flexibility index (Phi) is 6.23. The number of imidazole rings is 1. The summed E-state index contributed by atoms with van der Waals surface area (Å²) in [5, 5.41) is 0.665. The minimum Gasteiger partial charge on any atom is -0.497 e. The SMILES string of the molecule is COc1cc(CN(C(=O)c2cc3ccccc3oc2=O)c2ccc(-c3cnc[nH]3)cc2)cc(OC)c1. The van der Waals surface area contributed by atoms with Gasteiger partial charge in [0.2, 0.25) is 0 Å². The lowest BCUT2D eigenvalue weighted by Gasteiger charge is -2.23. The number of hydrogen-bond donors (Lipinski definition) is 1. The van der Waals surface area contributed by atoms with Gasteiger partial charge >= 0.3 is 5.63 Å². The highest BCUT2D eigenvalue weighted by Crippen LogP contribution is 2.28. The molecule has 0 aliphatic carbocycles. The summed E-state index contributed by atoms with van der Waals surface area (Å²) in [6.07, 6.45) is 3.33. The number of ether oxygens (including phenoxy) is 2. The first-order chi connectivity index (χ1) is 17.6. The van der Waals surface area contributed by atoms with Crippen LogP contribution in [0.3, 0.4) is 0 Å². The number of methoxy groups -OCH3 is 2. The molecule has 5 rings (SSSR count). The maximum absolute atomic E-state index is 13.8. The van der Waals surface area contributed by atoms with Gasteiger partial charge in [-0.15, -0.1) is 0 Å². The van der Waals surface area contributed by atoms with Gasteiger partial charge in [-0.25, -0.2) is 9.78 Å². The molecular formula is C28H23N3O5. The highest BCUT2D eigenvalue weighted by molar-refractivity contribution is 6.07. The molecule has 0 unspecified atom stereocenters. The average molecular weight is 482 g/mol. The van der Waals surface area contributed by atoms with Gasteiger partial charge in [-0.1, -0.05) is 30.3 Å². The molecule has 1 amide bonds. The molecule has 0 fully saturated rings. The zero-order valence-corrected chi connectivity index (χ0v) is 19.7. The molecule has 0 atom stereocenters. The van der Waals surface area contributed by atoms with Crippen LogP contribution in [0.4, 0.5) is 5.69 Å². The lowest BCUT2D eigenvalue weighted by molar-refractivity contribution is 0.0981. The number of hydrogen-bond acceptors (Lipinski definition) is 6. The van der Waals surface area contributed by atoms with Crippen LogP contribution in [-0.2, 0) is 6.54 Å². The second-order valence-corrected chi connectivity index (χ2v) is 8.11. The summed E-state index contributed by atoms with van der Waals surface area (Å²) >= 11 is 0. The highest BCUT2D eigenvalue weighted by atomic mass is 16.5. The van der Waals surface area contributed by atoms with Crippen molar-refractivity contribution in [1.29, 1.82) is 0 Å². The third-order valence-corrected chi connectivity index (χ3v) is 5.86. The summed E-state index contributed by atoms with van der Waals surface area (Å²) in [4.78, 5) is 35.3. The van der Waals surface area contributed by atoms with Crippen LogP contribution in [-0.4, -0.2) is 30.1 Å². The number of nitrogens with one attached hydrogen (secondary N) is 1. The van der Waals surface area contributed by atoms with Crippen LogP contribution in [0.2, 0.25) is 0 Å². The van der Waals surface area contributed by atoms with E-state index in [1.54, 1.807) is 57.1 Å². The quantitative estimate of drug-likeness (QED) is 0.327. The minimum absolute atomic E-state index is 0.0544. The number of carbonyl (C=O) groups is 1. The van der Waals surface area contributed by atoms with E-state index >= 15 is 0 Å². The van der Waals surface area contributed by atoms with Crippen molar-refractivity contribution in [2.45, 2.75) is 6.54 Å². The van der Waals surface area contributed by atoms with Crippen molar-refractivity contribution < 1.29 is 18.7 Å². The number of aromatic amines is 1. The fourth-order valence-electron chi connectivity index (χ4n) is 4.01. The fraction of sp³-hybridized carbons (Fsp3) is 0.107. The van der Waals surface area contributed by atoms with E-state index in [1.165, 1.54) is 4.90 Å². The van der Waals surface area contributed by atoms with Crippen LogP contribution < -0.4 is 20.0 Å². The summed E-state index contributed by atoms with van der Waals surface area (Å²) in [5.41, 5.74) is 2.82. The second-order valence-electron chi connectivity index (χ2n) is 8.11. The molecule has 0 bridgehead atoms. The molecule has 180 valence electrons. The first-order valence-electron chi connectivity index (χ1n) is 11.2. The minimum atomic E-state index is -0.694. The van der Waals surface area contributed by atoms with E-state index in [1.807, 2.05) is 42.5 Å². The standard InChI is InChI=1S/C28H23N3O5/c1-34-22-11-18(12-23(14-22)35-2)16-31(21-9-7-19(8-10-21)25-15-29-17-30-25)27(32)24-13-20-5-3-4-6-26(20)36-28(24)33/h3-15,17H,16H2,1-2H3,(H,29,30). The summed E-state index contributed by atoms with van der Waals surface area (Å²) < 4.78 is 16.2. The molecule has 1 N–H and O–H groups in total. The van der Waals surface area contributed by atoms with Gasteiger partial charge in [-0.3, -0.25) is 4.79 Å². The predicted octanol–water partition coefficient (Wildman–Crippen LogP) is 5.05. The Labute approximate surface area is 206 Å². The van der Waals surface area contributed by atoms with Gasteiger partial charge in [0.25, 0.3) is 5.91 Å². The van der Waals surface area contributed by atoms with Crippen molar-refractivity contribution in [3.63, 3.8) is 0 Å². The molecule has 3 aromatic carbocycles. The topological polar surface area (TPSA) is 97.7 Å². The third kappa shape index (κ3) is 4.56. The van der Waals surface area contributed by atoms with Crippen LogP contribution >= 0.6 is 0 Å². The second kappa shape index (κ2) is 9.79. The van der Waals surface area contributed by atoms with Gasteiger partial charge in [0, 0.05) is 17.1 Å². The van der Waals surface area contributed by atoms with Crippen molar-refractivity contribution in [2.24, 2.45) is 0 Å². The Morgan fingerprint density at radius 1 is 0.972 bits per heavy atom. The third-order valence-electron chi connectivity index (χ3n) is 5.86. The number of rotatable bonds is 7. The lowest BCUT2D eigenvalue weighted by atomic mass is 10.1. The first-order valence-corrected chi connectivity index (χ1v) is 11.2. The molecule has 36 heavy (non-hydrogen) atoms. The van der Waals surface area contributed by atoms with E-state index in [0.29, 0.717) is 28.2 Å². The van der Waals surface area contributed by atoms with Gasteiger partial charge in [0.1, 0.15) is 22.6 Å². The number of nitrogens with zero attached hydrogens (tertiary/aromatic N) is 2. The number of carbonyl (C=O) groups excluding carboxylic acids is 1. The Hall–Kier alpha value is -4.85. The van der Waals surface area contributed by atoms with Crippen molar-refractivity contribution in [2.75, 3.05) is 19.1 Å². The summed E-state index contributed by atoms with van der Waals surface area (Å²) in [6.45, 7) is 0.169. The van der Waals surface area contributed by atoms with Gasteiger partial charge in [-0.2, -0.15) is 0 Å². The molecular weight excluding hydrogens is 458 g/mol. The van der Waals surface area contributed by atoms with Crippen LogP contribution in [0.5, 0.6) is 11.5 Å². The van der Waals surface area contributed by atoms with Crippen molar-refractivity contribution in [1.82, 2.24) is 9.97 Å². The van der Waals surface area contributed by atoms with Crippen LogP contribution in [0, 0.1) is 0 Å². The normalized spacial score (nSPS) is 10.8. The zero-order chi connectivity index (χ0) is 25.1. The van der Waals surface area contributed by atoms with Gasteiger partial charge in [-0.05, 0) is 47.5 Å². The number of para-hydroxylation sites is 1. The predicted molar refractivity (Wildman–Crippen MR) is 137 cm³/mol. The lowest BCUT2D eigenvalue weighted by Crippen LogP contribution is -2.33. The van der Waals surface area contributed by atoms with E-state index in [-0.39, 0.29) is 12.1 Å². The maximum Gasteiger partial charge on any atom is 0.349 e. The van der Waals surface area contributed by atoms with Gasteiger partial charge in [0.15, 0.2) is 0 Å². The molecule has 8 heteroatoms. The molecule has 0 spiro atoms. The zero-order valence-electron chi connectivity index (χ0n) is 19.7. The summed E-state index contributed by atoms with van der Waals surface area (Å²) in [5.74, 6) is 0.707. The fourth-order valence-corrected chi connectivity index (χ4v) is 4.01. The van der Waals surface area contributed by atoms with E-state index in [9.17, 15) is 9.59 Å². The molecule has 5 aromatic rings. The monoisotopic (exact) mass is 481 g/mol. The Morgan fingerprint density at radius 2 is 1.69 bits per heavy atom. The maximum atomic E-state index is 13.8. The van der Waals surface area contributed by atoms with Crippen LogP contribution in [0.1, 0.15) is 15.9 Å². The Balaban J connectivity index is 1.58. The number of fused-ring (bicyclic) bond motifs is 1. The van der Waals surface area contributed by atoms with E-state index < -0.39 is 11.5 Å². The molecule has 0 radical (unpaired) electrons. The number of amides is 1. The molecule has 0 saturated heterocycles. The summed E-state index contributed by atoms with van der Waals surface area (Å²) in [6, 6.07) is 21.5. The number of benzene rings is 3. The molecule has 0 saturated carbocycles. The van der Waals surface area contributed by atoms with Crippen molar-refractivity contribution in [3.05, 3.63) is 107 Å². The summed E-state index contributed by atoms with van der Waals surface area (Å²) in [7, 11) is 3.13. The van der Waals surface area contributed by atoms with Crippen molar-refractivity contribution >= 4 is 22.6 Å². The Bertz CT molecular complexity index is 1550. The number of H-pyrrole nitrogens is 1. The largest absolute Gasteiger partial charge is 0.497 e. The van der Waals surface area contributed by atoms with E-state index in [2.05, 4.69) is 9.97 Å². The van der Waals surface area contributed by atoms with E-state index in [4.69, 9.17) is 13.9 Å². The van der Waals surface area contributed by atoms with Gasteiger partial charge in [0.05, 0.1) is 39.0 Å².